The number of methoxy groups -OCH3 is 1. The molecule has 0 radical (unpaired) electrons. The topological polar surface area (TPSA) is 58.6 Å². The second kappa shape index (κ2) is 3.33. The Kier molecular flexibility index (Phi) is 2.56. The molecule has 5 nitrogen and oxygen atoms in total. The number of nitrogens with one attached hydrogen (secondary N) is 1. The van der Waals surface area contributed by atoms with E-state index in [1.54, 1.807) is 4.90 Å². The minimum absolute atomic E-state index is 0.0612. The van der Waals surface area contributed by atoms with Gasteiger partial charge in [-0.3, -0.25) is 14.5 Å². The molecule has 13 heavy (non-hydrogen) atoms. The third-order valence-electron chi connectivity index (χ3n) is 2.12. The predicted molar refractivity (Wildman–Crippen MR) is 45.8 cm³/mol. The highest BCUT2D eigenvalue weighted by atomic mass is 16.5. The van der Waals surface area contributed by atoms with Crippen LogP contribution in [0.3, 0.4) is 0 Å². The SMILES string of the molecule is COC(=O)CN1CC(=O)NC1(C)C. The Bertz CT molecular complexity index is 238. The first-order valence-corrected chi connectivity index (χ1v) is 4.08. The number of nitrogens with zero attached hydrogens (tertiary/aromatic N) is 1. The molecule has 1 heterocycles. The highest BCUT2D eigenvalue weighted by Gasteiger charge is 2.37. The lowest BCUT2D eigenvalue weighted by atomic mass is 10.2. The second-order valence-electron chi connectivity index (χ2n) is 3.54. The molecular formula is C8H14N2O3. The minimum atomic E-state index is -0.453. The number of ether oxygens (including phenoxy) is 1. The van der Waals surface area contributed by atoms with E-state index in [0.717, 1.165) is 0 Å². The van der Waals surface area contributed by atoms with Crippen LogP contribution in [0.1, 0.15) is 13.8 Å². The van der Waals surface area contributed by atoms with E-state index in [-0.39, 0.29) is 25.0 Å². The quantitative estimate of drug-likeness (QED) is 0.581. The maximum atomic E-state index is 11.0. The van der Waals surface area contributed by atoms with Crippen molar-refractivity contribution in [2.45, 2.75) is 19.5 Å². The lowest BCUT2D eigenvalue weighted by molar-refractivity contribution is -0.142. The molecule has 0 atom stereocenters. The van der Waals surface area contributed by atoms with Gasteiger partial charge in [0.2, 0.25) is 5.91 Å². The van der Waals surface area contributed by atoms with Crippen molar-refractivity contribution in [1.29, 1.82) is 0 Å². The fraction of sp³-hybridized carbons (Fsp3) is 0.750. The minimum Gasteiger partial charge on any atom is -0.468 e. The number of hydrogen-bond acceptors (Lipinski definition) is 4. The van der Waals surface area contributed by atoms with Crippen molar-refractivity contribution in [3.63, 3.8) is 0 Å². The number of amides is 1. The van der Waals surface area contributed by atoms with Gasteiger partial charge >= 0.3 is 5.97 Å². The molecule has 1 fully saturated rings. The standard InChI is InChI=1S/C8H14N2O3/c1-8(2)9-6(11)4-10(8)5-7(12)13-3/h4-5H2,1-3H3,(H,9,11). The zero-order valence-electron chi connectivity index (χ0n) is 8.09. The molecular weight excluding hydrogens is 172 g/mol. The molecule has 5 heteroatoms. The fourth-order valence-electron chi connectivity index (χ4n) is 1.30. The molecule has 1 amide bonds. The van der Waals surface area contributed by atoms with E-state index in [0.29, 0.717) is 0 Å². The highest BCUT2D eigenvalue weighted by molar-refractivity contribution is 5.82. The van der Waals surface area contributed by atoms with Crippen LogP contribution in [0.25, 0.3) is 0 Å². The lowest BCUT2D eigenvalue weighted by Crippen LogP contribution is -2.48. The van der Waals surface area contributed by atoms with Crippen LogP contribution in [-0.2, 0) is 14.3 Å². The molecule has 0 aromatic heterocycles. The molecule has 74 valence electrons. The third-order valence-corrected chi connectivity index (χ3v) is 2.12. The van der Waals surface area contributed by atoms with E-state index in [9.17, 15) is 9.59 Å². The van der Waals surface area contributed by atoms with Crippen molar-refractivity contribution in [3.05, 3.63) is 0 Å². The molecule has 1 saturated heterocycles. The van der Waals surface area contributed by atoms with Gasteiger partial charge in [-0.25, -0.2) is 0 Å². The molecule has 0 aliphatic carbocycles. The first kappa shape index (κ1) is 9.98. The van der Waals surface area contributed by atoms with Gasteiger partial charge in [0, 0.05) is 0 Å². The maximum absolute atomic E-state index is 11.0. The summed E-state index contributed by atoms with van der Waals surface area (Å²) in [5, 5.41) is 2.75. The van der Waals surface area contributed by atoms with E-state index >= 15 is 0 Å². The Morgan fingerprint density at radius 3 is 2.69 bits per heavy atom. The molecule has 1 N–H and O–H groups in total. The van der Waals surface area contributed by atoms with Crippen molar-refractivity contribution in [1.82, 2.24) is 10.2 Å². The van der Waals surface area contributed by atoms with Crippen molar-refractivity contribution in [2.24, 2.45) is 0 Å². The molecule has 0 saturated carbocycles. The maximum Gasteiger partial charge on any atom is 0.319 e. The highest BCUT2D eigenvalue weighted by Crippen LogP contribution is 2.15. The second-order valence-corrected chi connectivity index (χ2v) is 3.54. The van der Waals surface area contributed by atoms with Crippen LogP contribution >= 0.6 is 0 Å². The first-order valence-electron chi connectivity index (χ1n) is 4.08. The zero-order valence-corrected chi connectivity index (χ0v) is 8.09. The molecule has 0 unspecified atom stereocenters. The monoisotopic (exact) mass is 186 g/mol. The van der Waals surface area contributed by atoms with E-state index in [4.69, 9.17) is 0 Å². The van der Waals surface area contributed by atoms with Crippen LogP contribution in [0.15, 0.2) is 0 Å². The van der Waals surface area contributed by atoms with Gasteiger partial charge in [0.15, 0.2) is 0 Å². The Morgan fingerprint density at radius 2 is 2.31 bits per heavy atom. The van der Waals surface area contributed by atoms with Gasteiger partial charge in [-0.15, -0.1) is 0 Å². The van der Waals surface area contributed by atoms with Crippen LogP contribution in [0.4, 0.5) is 0 Å². The molecule has 0 bridgehead atoms. The molecule has 1 aliphatic heterocycles. The van der Waals surface area contributed by atoms with Crippen LogP contribution in [0.5, 0.6) is 0 Å². The largest absolute Gasteiger partial charge is 0.468 e. The average Bonchev–Trinajstić information content (AvgIpc) is 2.24. The summed E-state index contributed by atoms with van der Waals surface area (Å²) in [6.07, 6.45) is 0. The smallest absolute Gasteiger partial charge is 0.319 e. The number of hydrogen-bond donors (Lipinski definition) is 1. The zero-order chi connectivity index (χ0) is 10.1. The van der Waals surface area contributed by atoms with Gasteiger partial charge in [0.05, 0.1) is 25.9 Å². The summed E-state index contributed by atoms with van der Waals surface area (Å²) in [5.41, 5.74) is -0.453. The lowest BCUT2D eigenvalue weighted by Gasteiger charge is -2.28. The number of rotatable bonds is 2. The summed E-state index contributed by atoms with van der Waals surface area (Å²) < 4.78 is 4.52. The summed E-state index contributed by atoms with van der Waals surface area (Å²) in [6.45, 7) is 4.09. The van der Waals surface area contributed by atoms with Crippen molar-refractivity contribution in [3.8, 4) is 0 Å². The van der Waals surface area contributed by atoms with Crippen LogP contribution in [0, 0.1) is 0 Å². The summed E-state index contributed by atoms with van der Waals surface area (Å²) >= 11 is 0. The van der Waals surface area contributed by atoms with Crippen LogP contribution in [0.2, 0.25) is 0 Å². The fourth-order valence-corrected chi connectivity index (χ4v) is 1.30. The number of esters is 1. The Hall–Kier alpha value is -1.10. The molecule has 0 aromatic carbocycles. The Morgan fingerprint density at radius 1 is 1.69 bits per heavy atom. The summed E-state index contributed by atoms with van der Waals surface area (Å²) in [5.74, 6) is -0.390. The van der Waals surface area contributed by atoms with Crippen LogP contribution in [-0.4, -0.2) is 42.6 Å². The summed E-state index contributed by atoms with van der Waals surface area (Å²) in [4.78, 5) is 23.7. The third kappa shape index (κ3) is 2.18. The normalized spacial score (nSPS) is 21.3. The summed E-state index contributed by atoms with van der Waals surface area (Å²) in [7, 11) is 1.33. The molecule has 1 rings (SSSR count). The van der Waals surface area contributed by atoms with Gasteiger partial charge in [-0.05, 0) is 13.8 Å². The van der Waals surface area contributed by atoms with Gasteiger partial charge < -0.3 is 10.1 Å². The predicted octanol–water partition coefficient (Wildman–Crippen LogP) is -0.673. The van der Waals surface area contributed by atoms with Crippen molar-refractivity contribution < 1.29 is 14.3 Å². The number of carbonyl (C=O) groups excluding carboxylic acids is 2. The molecule has 0 aromatic rings. The van der Waals surface area contributed by atoms with Crippen LogP contribution < -0.4 is 5.32 Å². The Balaban J connectivity index is 2.60. The van der Waals surface area contributed by atoms with Gasteiger partial charge in [0.25, 0.3) is 0 Å². The molecule has 1 aliphatic rings. The number of carbonyl (C=O) groups is 2. The van der Waals surface area contributed by atoms with Crippen molar-refractivity contribution >= 4 is 11.9 Å². The average molecular weight is 186 g/mol. The first-order chi connectivity index (χ1) is 5.95. The Labute approximate surface area is 77.0 Å². The van der Waals surface area contributed by atoms with Gasteiger partial charge in [-0.2, -0.15) is 0 Å². The van der Waals surface area contributed by atoms with E-state index in [1.165, 1.54) is 7.11 Å². The van der Waals surface area contributed by atoms with Gasteiger partial charge in [0.1, 0.15) is 0 Å². The van der Waals surface area contributed by atoms with E-state index in [1.807, 2.05) is 13.8 Å². The van der Waals surface area contributed by atoms with Gasteiger partial charge in [-0.1, -0.05) is 0 Å². The van der Waals surface area contributed by atoms with E-state index < -0.39 is 5.66 Å². The van der Waals surface area contributed by atoms with E-state index in [2.05, 4.69) is 10.1 Å². The summed E-state index contributed by atoms with van der Waals surface area (Å²) in [6, 6.07) is 0. The molecule has 0 spiro atoms. The van der Waals surface area contributed by atoms with Crippen molar-refractivity contribution in [2.75, 3.05) is 20.2 Å².